The number of carbonyl (C=O) groups is 1. The van der Waals surface area contributed by atoms with Gasteiger partial charge in [-0.25, -0.2) is 0 Å². The molecule has 0 atom stereocenters. The van der Waals surface area contributed by atoms with E-state index in [-0.39, 0.29) is 35.4 Å². The van der Waals surface area contributed by atoms with Gasteiger partial charge in [-0.3, -0.25) is 19.8 Å². The van der Waals surface area contributed by atoms with Crippen LogP contribution >= 0.6 is 11.8 Å². The van der Waals surface area contributed by atoms with Crippen molar-refractivity contribution in [3.8, 4) is 17.2 Å². The van der Waals surface area contributed by atoms with Gasteiger partial charge in [0.25, 0.3) is 11.6 Å². The summed E-state index contributed by atoms with van der Waals surface area (Å²) in [6.07, 6.45) is 4.50. The van der Waals surface area contributed by atoms with Crippen molar-refractivity contribution in [2.24, 2.45) is 10.2 Å². The van der Waals surface area contributed by atoms with Gasteiger partial charge in [0.1, 0.15) is 5.76 Å². The first kappa shape index (κ1) is 24.5. The molecular weight excluding hydrogens is 488 g/mol. The molecule has 4 rings (SSSR count). The Balaban J connectivity index is 1.65. The second-order valence-electron chi connectivity index (χ2n) is 7.33. The number of nitrogens with zero attached hydrogens (tertiary/aromatic N) is 4. The zero-order valence-electron chi connectivity index (χ0n) is 19.2. The highest BCUT2D eigenvalue weighted by molar-refractivity contribution is 8.18. The molecule has 1 amide bonds. The molecule has 0 unspecified atom stereocenters. The van der Waals surface area contributed by atoms with E-state index in [9.17, 15) is 20.0 Å². The van der Waals surface area contributed by atoms with Crippen LogP contribution in [0.4, 0.5) is 5.69 Å². The average Bonchev–Trinajstić information content (AvgIpc) is 3.49. The van der Waals surface area contributed by atoms with Crippen LogP contribution in [-0.4, -0.2) is 46.4 Å². The van der Waals surface area contributed by atoms with Crippen molar-refractivity contribution >= 4 is 40.8 Å². The summed E-state index contributed by atoms with van der Waals surface area (Å²) in [6.45, 7) is 0.125. The normalized spacial score (nSPS) is 15.8. The van der Waals surface area contributed by atoms with Crippen LogP contribution in [0.25, 0.3) is 6.08 Å². The highest BCUT2D eigenvalue weighted by atomic mass is 32.2. The minimum absolute atomic E-state index is 0.0783. The molecule has 36 heavy (non-hydrogen) atoms. The van der Waals surface area contributed by atoms with Crippen LogP contribution in [0.2, 0.25) is 0 Å². The molecule has 1 fully saturated rings. The topological polar surface area (TPSA) is 140 Å². The Morgan fingerprint density at radius 2 is 1.89 bits per heavy atom. The molecule has 1 aliphatic rings. The molecule has 11 nitrogen and oxygen atoms in total. The van der Waals surface area contributed by atoms with E-state index in [0.717, 1.165) is 11.8 Å². The number of benzene rings is 2. The number of amides is 1. The molecule has 0 spiro atoms. The molecule has 1 N–H and O–H groups in total. The van der Waals surface area contributed by atoms with Gasteiger partial charge in [0, 0.05) is 17.7 Å². The highest BCUT2D eigenvalue weighted by Gasteiger charge is 2.34. The number of non-ortho nitro benzene ring substituents is 1. The number of ether oxygens (including phenoxy) is 2. The van der Waals surface area contributed by atoms with Gasteiger partial charge in [-0.05, 0) is 47.7 Å². The summed E-state index contributed by atoms with van der Waals surface area (Å²) >= 11 is 1.08. The maximum absolute atomic E-state index is 13.2. The number of thioether (sulfide) groups is 1. The molecule has 0 aliphatic carbocycles. The maximum Gasteiger partial charge on any atom is 0.270 e. The number of amidine groups is 1. The molecule has 3 aromatic rings. The van der Waals surface area contributed by atoms with E-state index >= 15 is 0 Å². The second-order valence-corrected chi connectivity index (χ2v) is 8.34. The Morgan fingerprint density at radius 1 is 1.14 bits per heavy atom. The van der Waals surface area contributed by atoms with E-state index in [1.165, 1.54) is 43.7 Å². The number of methoxy groups -OCH3 is 2. The monoisotopic (exact) mass is 508 g/mol. The zero-order chi connectivity index (χ0) is 25.7. The lowest BCUT2D eigenvalue weighted by Gasteiger charge is -2.12. The number of hydrogen-bond acceptors (Lipinski definition) is 10. The van der Waals surface area contributed by atoms with Gasteiger partial charge in [0.2, 0.25) is 5.75 Å². The maximum atomic E-state index is 13.2. The summed E-state index contributed by atoms with van der Waals surface area (Å²) in [5.41, 5.74) is 0.974. The zero-order valence-corrected chi connectivity index (χ0v) is 20.0. The van der Waals surface area contributed by atoms with Crippen LogP contribution in [0.3, 0.4) is 0 Å². The van der Waals surface area contributed by atoms with Crippen molar-refractivity contribution in [3.05, 3.63) is 86.7 Å². The molecule has 1 aromatic heterocycles. The molecule has 12 heteroatoms. The van der Waals surface area contributed by atoms with E-state index in [1.54, 1.807) is 42.5 Å². The van der Waals surface area contributed by atoms with Crippen LogP contribution in [0, 0.1) is 10.1 Å². The van der Waals surface area contributed by atoms with Crippen molar-refractivity contribution in [1.82, 2.24) is 4.90 Å². The van der Waals surface area contributed by atoms with Gasteiger partial charge in [0.15, 0.2) is 16.7 Å². The predicted molar refractivity (Wildman–Crippen MR) is 134 cm³/mol. The fourth-order valence-corrected chi connectivity index (χ4v) is 4.23. The van der Waals surface area contributed by atoms with Crippen LogP contribution in [0.15, 0.2) is 74.3 Å². The van der Waals surface area contributed by atoms with Gasteiger partial charge in [0.05, 0.1) is 43.1 Å². The summed E-state index contributed by atoms with van der Waals surface area (Å²) < 4.78 is 15.7. The van der Waals surface area contributed by atoms with E-state index in [2.05, 4.69) is 10.2 Å². The molecule has 2 aromatic carbocycles. The lowest BCUT2D eigenvalue weighted by molar-refractivity contribution is -0.384. The Morgan fingerprint density at radius 3 is 2.53 bits per heavy atom. The van der Waals surface area contributed by atoms with Gasteiger partial charge in [-0.15, -0.1) is 5.10 Å². The third kappa shape index (κ3) is 5.39. The number of aromatic hydroxyl groups is 1. The summed E-state index contributed by atoms with van der Waals surface area (Å²) in [5, 5.41) is 29.8. The smallest absolute Gasteiger partial charge is 0.270 e. The van der Waals surface area contributed by atoms with Crippen LogP contribution < -0.4 is 9.47 Å². The molecule has 1 saturated heterocycles. The van der Waals surface area contributed by atoms with Crippen LogP contribution in [-0.2, 0) is 11.3 Å². The minimum Gasteiger partial charge on any atom is -0.502 e. The van der Waals surface area contributed by atoms with Crippen molar-refractivity contribution in [2.45, 2.75) is 6.54 Å². The van der Waals surface area contributed by atoms with Gasteiger partial charge < -0.3 is 19.0 Å². The molecule has 0 saturated carbocycles. The van der Waals surface area contributed by atoms with Gasteiger partial charge in [-0.1, -0.05) is 12.1 Å². The SMILES string of the molecule is COc1cc(/C=N\N=C2\S/C(=C\c3cccc([N+](=O)[O-])c3)C(=O)N2Cc2ccco2)cc(OC)c1O. The molecule has 184 valence electrons. The quantitative estimate of drug-likeness (QED) is 0.204. The predicted octanol–water partition coefficient (Wildman–Crippen LogP) is 4.42. The largest absolute Gasteiger partial charge is 0.502 e. The van der Waals surface area contributed by atoms with Crippen LogP contribution in [0.5, 0.6) is 17.2 Å². The standard InChI is InChI=1S/C24H20N4O7S/c1-33-19-10-16(11-20(34-2)22(19)29)13-25-26-24-27(14-18-7-4-8-35-18)23(30)21(36-24)12-15-5-3-6-17(9-15)28(31)32/h3-13,29H,14H2,1-2H3/b21-12-,25-13-,26-24+. The summed E-state index contributed by atoms with van der Waals surface area (Å²) in [7, 11) is 2.83. The first-order valence-corrected chi connectivity index (χ1v) is 11.3. The number of phenols is 1. The van der Waals surface area contributed by atoms with E-state index < -0.39 is 4.92 Å². The van der Waals surface area contributed by atoms with E-state index in [0.29, 0.717) is 27.0 Å². The number of phenolic OH excluding ortho intramolecular Hbond substituents is 1. The number of furan rings is 1. The second kappa shape index (κ2) is 10.8. The van der Waals surface area contributed by atoms with E-state index in [1.807, 2.05) is 0 Å². The summed E-state index contributed by atoms with van der Waals surface area (Å²) in [6, 6.07) is 12.5. The first-order chi connectivity index (χ1) is 17.4. The molecular formula is C24H20N4O7S. The minimum atomic E-state index is -0.496. The summed E-state index contributed by atoms with van der Waals surface area (Å²) in [5.74, 6) is 0.474. The fraction of sp³-hybridized carbons (Fsp3) is 0.125. The average molecular weight is 509 g/mol. The van der Waals surface area contributed by atoms with Gasteiger partial charge in [-0.2, -0.15) is 5.10 Å². The molecule has 0 bridgehead atoms. The number of nitro groups is 1. The third-order valence-corrected chi connectivity index (χ3v) is 6.01. The Bertz CT molecular complexity index is 1360. The number of rotatable bonds is 8. The van der Waals surface area contributed by atoms with Crippen molar-refractivity contribution in [1.29, 1.82) is 0 Å². The third-order valence-electron chi connectivity index (χ3n) is 5.01. The molecule has 2 heterocycles. The van der Waals surface area contributed by atoms with Crippen molar-refractivity contribution in [2.75, 3.05) is 14.2 Å². The lowest BCUT2D eigenvalue weighted by atomic mass is 10.2. The first-order valence-electron chi connectivity index (χ1n) is 10.4. The molecule has 0 radical (unpaired) electrons. The lowest BCUT2D eigenvalue weighted by Crippen LogP contribution is -2.28. The summed E-state index contributed by atoms with van der Waals surface area (Å²) in [4.78, 5) is 25.5. The highest BCUT2D eigenvalue weighted by Crippen LogP contribution is 2.37. The van der Waals surface area contributed by atoms with Crippen LogP contribution in [0.1, 0.15) is 16.9 Å². The van der Waals surface area contributed by atoms with Crippen molar-refractivity contribution < 1.29 is 28.7 Å². The Hall–Kier alpha value is -4.58. The molecule has 1 aliphatic heterocycles. The fourth-order valence-electron chi connectivity index (χ4n) is 3.29. The van der Waals surface area contributed by atoms with E-state index in [4.69, 9.17) is 13.9 Å². The Labute approximate surface area is 209 Å². The number of nitro benzene ring substituents is 1. The number of hydrogen-bond donors (Lipinski definition) is 1. The number of carbonyl (C=O) groups excluding carboxylic acids is 1. The van der Waals surface area contributed by atoms with Crippen molar-refractivity contribution in [3.63, 3.8) is 0 Å². The Kier molecular flexibility index (Phi) is 7.35. The van der Waals surface area contributed by atoms with Gasteiger partial charge >= 0.3 is 0 Å².